The third kappa shape index (κ3) is 3.22. The number of sulfonamides is 1. The van der Waals surface area contributed by atoms with Crippen LogP contribution in [0.5, 0.6) is 11.5 Å². The van der Waals surface area contributed by atoms with Gasteiger partial charge in [0.05, 0.1) is 26.0 Å². The number of nitrogen functional groups attached to an aromatic ring is 1. The highest BCUT2D eigenvalue weighted by Crippen LogP contribution is 2.34. The summed E-state index contributed by atoms with van der Waals surface area (Å²) in [6, 6.07) is 2.67. The first-order valence-electron chi connectivity index (χ1n) is 6.48. The standard InChI is InChI=1S/C13H20N2O5S/c1-18-9-4-8(5-9)15-21(16,17)13-6-10(14)11(19-2)7-12(13)20-3/h6-9,15H,4-5,14H2,1-3H3. The van der Waals surface area contributed by atoms with Crippen molar-refractivity contribution in [3.8, 4) is 11.5 Å². The fraction of sp³-hybridized carbons (Fsp3) is 0.538. The molecule has 1 aromatic rings. The number of hydrogen-bond acceptors (Lipinski definition) is 6. The fourth-order valence-electron chi connectivity index (χ4n) is 2.24. The van der Waals surface area contributed by atoms with Gasteiger partial charge in [-0.05, 0) is 18.9 Å². The monoisotopic (exact) mass is 316 g/mol. The Hall–Kier alpha value is -1.51. The molecule has 0 amide bonds. The fourth-order valence-corrected chi connectivity index (χ4v) is 3.69. The molecule has 7 nitrogen and oxygen atoms in total. The Labute approximate surface area is 124 Å². The minimum absolute atomic E-state index is 0.00386. The van der Waals surface area contributed by atoms with Crippen LogP contribution in [-0.2, 0) is 14.8 Å². The highest BCUT2D eigenvalue weighted by Gasteiger charge is 2.34. The van der Waals surface area contributed by atoms with E-state index in [1.807, 2.05) is 0 Å². The topological polar surface area (TPSA) is 99.9 Å². The van der Waals surface area contributed by atoms with E-state index in [2.05, 4.69) is 4.72 Å². The molecule has 8 heteroatoms. The molecule has 0 aromatic heterocycles. The van der Waals surface area contributed by atoms with Crippen LogP contribution in [0.2, 0.25) is 0 Å². The van der Waals surface area contributed by atoms with Gasteiger partial charge in [-0.25, -0.2) is 13.1 Å². The predicted octanol–water partition coefficient (Wildman–Crippen LogP) is 0.742. The molecular formula is C13H20N2O5S. The van der Waals surface area contributed by atoms with Gasteiger partial charge in [0.2, 0.25) is 10.0 Å². The highest BCUT2D eigenvalue weighted by molar-refractivity contribution is 7.89. The summed E-state index contributed by atoms with van der Waals surface area (Å²) in [5, 5.41) is 0. The van der Waals surface area contributed by atoms with Crippen molar-refractivity contribution in [3.05, 3.63) is 12.1 Å². The van der Waals surface area contributed by atoms with Crippen LogP contribution in [0.25, 0.3) is 0 Å². The van der Waals surface area contributed by atoms with E-state index < -0.39 is 10.0 Å². The van der Waals surface area contributed by atoms with Crippen LogP contribution in [0.4, 0.5) is 5.69 Å². The summed E-state index contributed by atoms with van der Waals surface area (Å²) in [6.45, 7) is 0. The Morgan fingerprint density at radius 2 is 1.76 bits per heavy atom. The first-order chi connectivity index (χ1) is 9.91. The van der Waals surface area contributed by atoms with Crippen LogP contribution in [0.3, 0.4) is 0 Å². The van der Waals surface area contributed by atoms with E-state index in [0.717, 1.165) is 0 Å². The van der Waals surface area contributed by atoms with Gasteiger partial charge in [0.25, 0.3) is 0 Å². The van der Waals surface area contributed by atoms with Gasteiger partial charge in [0, 0.05) is 19.2 Å². The summed E-state index contributed by atoms with van der Waals surface area (Å²) in [7, 11) is 0.758. The molecular weight excluding hydrogens is 296 g/mol. The van der Waals surface area contributed by atoms with Crippen molar-refractivity contribution in [2.24, 2.45) is 0 Å². The molecule has 1 fully saturated rings. The van der Waals surface area contributed by atoms with Crippen LogP contribution in [0.1, 0.15) is 12.8 Å². The number of anilines is 1. The van der Waals surface area contributed by atoms with Crippen molar-refractivity contribution < 1.29 is 22.6 Å². The number of methoxy groups -OCH3 is 3. The normalized spacial score (nSPS) is 21.7. The molecule has 0 atom stereocenters. The average molecular weight is 316 g/mol. The second-order valence-corrected chi connectivity index (χ2v) is 6.57. The van der Waals surface area contributed by atoms with Gasteiger partial charge in [-0.3, -0.25) is 0 Å². The number of benzene rings is 1. The zero-order valence-electron chi connectivity index (χ0n) is 12.3. The molecule has 118 valence electrons. The van der Waals surface area contributed by atoms with Crippen molar-refractivity contribution in [1.29, 1.82) is 0 Å². The molecule has 1 aromatic carbocycles. The zero-order valence-corrected chi connectivity index (χ0v) is 13.1. The Kier molecular flexibility index (Phi) is 4.60. The minimum Gasteiger partial charge on any atom is -0.495 e. The molecule has 0 bridgehead atoms. The lowest BCUT2D eigenvalue weighted by atomic mass is 9.90. The molecule has 0 unspecified atom stereocenters. The summed E-state index contributed by atoms with van der Waals surface area (Å²) in [4.78, 5) is 0.00386. The summed E-state index contributed by atoms with van der Waals surface area (Å²) in [6.07, 6.45) is 1.42. The lowest BCUT2D eigenvalue weighted by Crippen LogP contribution is -2.47. The number of ether oxygens (including phenoxy) is 3. The Morgan fingerprint density at radius 1 is 1.14 bits per heavy atom. The van der Waals surface area contributed by atoms with E-state index >= 15 is 0 Å². The molecule has 2 rings (SSSR count). The smallest absolute Gasteiger partial charge is 0.244 e. The molecule has 1 saturated carbocycles. The predicted molar refractivity (Wildman–Crippen MR) is 78.1 cm³/mol. The highest BCUT2D eigenvalue weighted by atomic mass is 32.2. The van der Waals surface area contributed by atoms with Crippen molar-refractivity contribution in [1.82, 2.24) is 4.72 Å². The molecule has 21 heavy (non-hydrogen) atoms. The van der Waals surface area contributed by atoms with Crippen LogP contribution in [0.15, 0.2) is 17.0 Å². The Morgan fingerprint density at radius 3 is 2.29 bits per heavy atom. The van der Waals surface area contributed by atoms with Crippen LogP contribution in [0, 0.1) is 0 Å². The third-order valence-electron chi connectivity index (χ3n) is 3.56. The van der Waals surface area contributed by atoms with Gasteiger partial charge in [-0.15, -0.1) is 0 Å². The van der Waals surface area contributed by atoms with Crippen molar-refractivity contribution in [2.45, 2.75) is 29.9 Å². The Bertz CT molecular complexity index is 611. The van der Waals surface area contributed by atoms with Crippen molar-refractivity contribution in [3.63, 3.8) is 0 Å². The van der Waals surface area contributed by atoms with Crippen LogP contribution < -0.4 is 19.9 Å². The third-order valence-corrected chi connectivity index (χ3v) is 5.10. The summed E-state index contributed by atoms with van der Waals surface area (Å²) >= 11 is 0. The second-order valence-electron chi connectivity index (χ2n) is 4.89. The maximum atomic E-state index is 12.4. The van der Waals surface area contributed by atoms with E-state index in [9.17, 15) is 8.42 Å². The van der Waals surface area contributed by atoms with E-state index in [4.69, 9.17) is 19.9 Å². The van der Waals surface area contributed by atoms with E-state index in [1.165, 1.54) is 26.4 Å². The van der Waals surface area contributed by atoms with Gasteiger partial charge in [0.1, 0.15) is 16.4 Å². The summed E-state index contributed by atoms with van der Waals surface area (Å²) < 4.78 is 42.8. The molecule has 1 aliphatic carbocycles. The molecule has 0 spiro atoms. The SMILES string of the molecule is COc1cc(OC)c(S(=O)(=O)NC2CC(OC)C2)cc1N. The number of hydrogen-bond donors (Lipinski definition) is 2. The number of nitrogens with two attached hydrogens (primary N) is 1. The largest absolute Gasteiger partial charge is 0.495 e. The lowest BCUT2D eigenvalue weighted by Gasteiger charge is -2.34. The molecule has 0 saturated heterocycles. The molecule has 0 heterocycles. The molecule has 0 radical (unpaired) electrons. The summed E-state index contributed by atoms with van der Waals surface area (Å²) in [5.41, 5.74) is 6.02. The van der Waals surface area contributed by atoms with Crippen LogP contribution in [-0.4, -0.2) is 41.9 Å². The molecule has 0 aliphatic heterocycles. The van der Waals surface area contributed by atoms with Crippen molar-refractivity contribution >= 4 is 15.7 Å². The van der Waals surface area contributed by atoms with Gasteiger partial charge in [-0.2, -0.15) is 0 Å². The second kappa shape index (κ2) is 6.08. The van der Waals surface area contributed by atoms with Crippen molar-refractivity contribution in [2.75, 3.05) is 27.1 Å². The summed E-state index contributed by atoms with van der Waals surface area (Å²) in [5.74, 6) is 0.560. The van der Waals surface area contributed by atoms with Gasteiger partial charge < -0.3 is 19.9 Å². The van der Waals surface area contributed by atoms with E-state index in [1.54, 1.807) is 7.11 Å². The molecule has 1 aliphatic rings. The van der Waals surface area contributed by atoms with E-state index in [-0.39, 0.29) is 28.5 Å². The molecule has 3 N–H and O–H groups in total. The van der Waals surface area contributed by atoms with Crippen LogP contribution >= 0.6 is 0 Å². The number of rotatable bonds is 6. The minimum atomic E-state index is -3.71. The van der Waals surface area contributed by atoms with E-state index in [0.29, 0.717) is 18.6 Å². The maximum Gasteiger partial charge on any atom is 0.244 e. The Balaban J connectivity index is 2.25. The van der Waals surface area contributed by atoms with Gasteiger partial charge in [0.15, 0.2) is 0 Å². The number of nitrogens with one attached hydrogen (secondary N) is 1. The zero-order chi connectivity index (χ0) is 15.6. The van der Waals surface area contributed by atoms with Gasteiger partial charge >= 0.3 is 0 Å². The maximum absolute atomic E-state index is 12.4. The lowest BCUT2D eigenvalue weighted by molar-refractivity contribution is 0.0236. The quantitative estimate of drug-likeness (QED) is 0.751. The average Bonchev–Trinajstić information content (AvgIpc) is 2.42. The van der Waals surface area contributed by atoms with Gasteiger partial charge in [-0.1, -0.05) is 0 Å². The first kappa shape index (κ1) is 15.9. The first-order valence-corrected chi connectivity index (χ1v) is 7.96.